The highest BCUT2D eigenvalue weighted by Gasteiger charge is 2.44. The fourth-order valence-corrected chi connectivity index (χ4v) is 4.50. The number of ether oxygens (including phenoxy) is 3. The van der Waals surface area contributed by atoms with Crippen LogP contribution in [0.4, 0.5) is 0 Å². The van der Waals surface area contributed by atoms with Crippen molar-refractivity contribution in [1.82, 2.24) is 15.2 Å². The van der Waals surface area contributed by atoms with Gasteiger partial charge in [0.25, 0.3) is 5.91 Å². The number of likely N-dealkylation sites (tertiary alicyclic amines) is 1. The van der Waals surface area contributed by atoms with E-state index in [-0.39, 0.29) is 24.2 Å². The molecule has 1 amide bonds. The van der Waals surface area contributed by atoms with Crippen molar-refractivity contribution in [2.45, 2.75) is 44.5 Å². The zero-order chi connectivity index (χ0) is 22.7. The van der Waals surface area contributed by atoms with Gasteiger partial charge in [0, 0.05) is 19.5 Å². The molecular formula is C25H27N3O5. The Morgan fingerprint density at radius 1 is 1.09 bits per heavy atom. The van der Waals surface area contributed by atoms with Gasteiger partial charge in [-0.25, -0.2) is 4.63 Å². The van der Waals surface area contributed by atoms with E-state index in [1.54, 1.807) is 19.1 Å². The van der Waals surface area contributed by atoms with E-state index in [9.17, 15) is 4.79 Å². The van der Waals surface area contributed by atoms with Crippen LogP contribution >= 0.6 is 0 Å². The summed E-state index contributed by atoms with van der Waals surface area (Å²) in [7, 11) is 0. The molecule has 0 saturated carbocycles. The second kappa shape index (κ2) is 9.23. The smallest absolute Gasteiger partial charge is 0.257 e. The molecule has 3 aromatic rings. The lowest BCUT2D eigenvalue weighted by atomic mass is 9.87. The molecule has 2 aliphatic heterocycles. The van der Waals surface area contributed by atoms with Crippen molar-refractivity contribution in [2.24, 2.45) is 0 Å². The maximum atomic E-state index is 13.3. The van der Waals surface area contributed by atoms with Gasteiger partial charge < -0.3 is 19.1 Å². The molecule has 8 heteroatoms. The average molecular weight is 450 g/mol. The number of carbonyl (C=O) groups excluding carboxylic acids is 1. The quantitative estimate of drug-likeness (QED) is 0.566. The zero-order valence-electron chi connectivity index (χ0n) is 18.6. The minimum absolute atomic E-state index is 0.0365. The van der Waals surface area contributed by atoms with Crippen molar-refractivity contribution >= 4 is 5.91 Å². The molecule has 0 aliphatic carbocycles. The SMILES string of the molecule is Cc1nonc1COc1ccccc1C(=O)N1CCC2(CC1)C[C@H](Oc1ccccc1)CO2. The summed E-state index contributed by atoms with van der Waals surface area (Å²) >= 11 is 0. The third kappa shape index (κ3) is 4.71. The topological polar surface area (TPSA) is 86.9 Å². The minimum atomic E-state index is -0.219. The van der Waals surface area contributed by atoms with Gasteiger partial charge in [0.05, 0.1) is 17.8 Å². The molecule has 2 aliphatic rings. The Hall–Kier alpha value is -3.39. The second-order valence-corrected chi connectivity index (χ2v) is 8.62. The summed E-state index contributed by atoms with van der Waals surface area (Å²) in [5.74, 6) is 1.35. The predicted molar refractivity (Wildman–Crippen MR) is 119 cm³/mol. The summed E-state index contributed by atoms with van der Waals surface area (Å²) in [6.07, 6.45) is 2.47. The largest absolute Gasteiger partial charge is 0.488 e. The number of aryl methyl sites for hydroxylation is 1. The highest BCUT2D eigenvalue weighted by atomic mass is 16.6. The first-order valence-corrected chi connectivity index (χ1v) is 11.3. The number of piperidine rings is 1. The molecule has 1 aromatic heterocycles. The van der Waals surface area contributed by atoms with Gasteiger partial charge in [-0.2, -0.15) is 0 Å². The Kier molecular flexibility index (Phi) is 6.00. The molecule has 2 aromatic carbocycles. The van der Waals surface area contributed by atoms with Crippen LogP contribution in [0.3, 0.4) is 0 Å². The van der Waals surface area contributed by atoms with E-state index in [0.717, 1.165) is 25.0 Å². The first-order valence-electron chi connectivity index (χ1n) is 11.3. The molecule has 0 N–H and O–H groups in total. The van der Waals surface area contributed by atoms with Crippen LogP contribution in [-0.2, 0) is 11.3 Å². The summed E-state index contributed by atoms with van der Waals surface area (Å²) in [4.78, 5) is 15.2. The minimum Gasteiger partial charge on any atom is -0.488 e. The molecular weight excluding hydrogens is 422 g/mol. The van der Waals surface area contributed by atoms with Crippen molar-refractivity contribution in [2.75, 3.05) is 19.7 Å². The molecule has 1 spiro atoms. The van der Waals surface area contributed by atoms with Gasteiger partial charge in [-0.1, -0.05) is 40.6 Å². The Morgan fingerprint density at radius 2 is 1.85 bits per heavy atom. The van der Waals surface area contributed by atoms with Crippen molar-refractivity contribution in [3.63, 3.8) is 0 Å². The lowest BCUT2D eigenvalue weighted by Crippen LogP contribution is -2.46. The van der Waals surface area contributed by atoms with Gasteiger partial charge in [0.15, 0.2) is 0 Å². The molecule has 3 heterocycles. The fraction of sp³-hybridized carbons (Fsp3) is 0.400. The molecule has 172 valence electrons. The van der Waals surface area contributed by atoms with Crippen LogP contribution in [0.2, 0.25) is 0 Å². The number of para-hydroxylation sites is 2. The number of aromatic nitrogens is 2. The van der Waals surface area contributed by atoms with E-state index in [1.807, 2.05) is 47.4 Å². The van der Waals surface area contributed by atoms with E-state index in [0.29, 0.717) is 42.4 Å². The zero-order valence-corrected chi connectivity index (χ0v) is 18.6. The summed E-state index contributed by atoms with van der Waals surface area (Å²) in [5.41, 5.74) is 1.61. The molecule has 0 radical (unpaired) electrons. The molecule has 0 bridgehead atoms. The van der Waals surface area contributed by atoms with Crippen molar-refractivity contribution in [1.29, 1.82) is 0 Å². The monoisotopic (exact) mass is 449 g/mol. The van der Waals surface area contributed by atoms with Gasteiger partial charge >= 0.3 is 0 Å². The van der Waals surface area contributed by atoms with Crippen LogP contribution in [0, 0.1) is 6.92 Å². The second-order valence-electron chi connectivity index (χ2n) is 8.62. The number of rotatable bonds is 6. The molecule has 33 heavy (non-hydrogen) atoms. The molecule has 8 nitrogen and oxygen atoms in total. The van der Waals surface area contributed by atoms with Gasteiger partial charge in [0.2, 0.25) is 0 Å². The van der Waals surface area contributed by atoms with Crippen LogP contribution in [0.25, 0.3) is 0 Å². The third-order valence-corrected chi connectivity index (χ3v) is 6.41. The lowest BCUT2D eigenvalue weighted by Gasteiger charge is -2.38. The van der Waals surface area contributed by atoms with Gasteiger partial charge in [-0.3, -0.25) is 4.79 Å². The molecule has 2 saturated heterocycles. The first-order chi connectivity index (χ1) is 16.1. The van der Waals surface area contributed by atoms with E-state index in [2.05, 4.69) is 10.3 Å². The number of carbonyl (C=O) groups is 1. The summed E-state index contributed by atoms with van der Waals surface area (Å²) in [5, 5.41) is 7.60. The Bertz CT molecular complexity index is 1090. The van der Waals surface area contributed by atoms with Crippen molar-refractivity contribution in [3.8, 4) is 11.5 Å². The number of nitrogens with zero attached hydrogens (tertiary/aromatic N) is 3. The van der Waals surface area contributed by atoms with Crippen molar-refractivity contribution < 1.29 is 23.6 Å². The summed E-state index contributed by atoms with van der Waals surface area (Å²) < 4.78 is 22.9. The summed E-state index contributed by atoms with van der Waals surface area (Å²) in [6, 6.07) is 17.1. The van der Waals surface area contributed by atoms with Gasteiger partial charge in [0.1, 0.15) is 35.6 Å². The van der Waals surface area contributed by atoms with Gasteiger partial charge in [-0.15, -0.1) is 0 Å². The molecule has 1 atom stereocenters. The highest BCUT2D eigenvalue weighted by molar-refractivity contribution is 5.97. The number of benzene rings is 2. The van der Waals surface area contributed by atoms with Crippen LogP contribution in [0.1, 0.15) is 41.0 Å². The Labute approximate surface area is 192 Å². The Balaban J connectivity index is 1.19. The first kappa shape index (κ1) is 21.5. The van der Waals surface area contributed by atoms with Crippen molar-refractivity contribution in [3.05, 3.63) is 71.5 Å². The highest BCUT2D eigenvalue weighted by Crippen LogP contribution is 2.38. The number of hydrogen-bond donors (Lipinski definition) is 0. The van der Waals surface area contributed by atoms with Crippen LogP contribution in [0.15, 0.2) is 59.2 Å². The normalized spacial score (nSPS) is 19.5. The Morgan fingerprint density at radius 3 is 2.61 bits per heavy atom. The van der Waals surface area contributed by atoms with E-state index < -0.39 is 0 Å². The molecule has 5 rings (SSSR count). The molecule has 2 fully saturated rings. The molecule has 0 unspecified atom stereocenters. The van der Waals surface area contributed by atoms with E-state index in [4.69, 9.17) is 18.8 Å². The average Bonchev–Trinajstić information content (AvgIpc) is 3.44. The standard InChI is InChI=1S/C25H27N3O5/c1-18-22(27-33-26-18)17-30-23-10-6-5-9-21(23)24(29)28-13-11-25(12-14-28)15-20(16-31-25)32-19-7-3-2-4-8-19/h2-10,20H,11-17H2,1H3/t20-/m0/s1. The van der Waals surface area contributed by atoms with E-state index in [1.165, 1.54) is 0 Å². The van der Waals surface area contributed by atoms with Gasteiger partial charge in [-0.05, 0) is 44.0 Å². The maximum absolute atomic E-state index is 13.3. The third-order valence-electron chi connectivity index (χ3n) is 6.41. The fourth-order valence-electron chi connectivity index (χ4n) is 4.50. The number of hydrogen-bond acceptors (Lipinski definition) is 7. The van der Waals surface area contributed by atoms with Crippen LogP contribution in [-0.4, -0.2) is 52.5 Å². The maximum Gasteiger partial charge on any atom is 0.257 e. The summed E-state index contributed by atoms with van der Waals surface area (Å²) in [6.45, 7) is 3.85. The van der Waals surface area contributed by atoms with Crippen LogP contribution in [0.5, 0.6) is 11.5 Å². The van der Waals surface area contributed by atoms with Crippen LogP contribution < -0.4 is 9.47 Å². The lowest BCUT2D eigenvalue weighted by molar-refractivity contribution is -0.0396. The predicted octanol–water partition coefficient (Wildman–Crippen LogP) is 3.80. The van der Waals surface area contributed by atoms with E-state index >= 15 is 0 Å². The number of amides is 1.